The van der Waals surface area contributed by atoms with Crippen LogP contribution in [0.15, 0.2) is 53.6 Å². The van der Waals surface area contributed by atoms with Crippen molar-refractivity contribution in [2.75, 3.05) is 18.8 Å². The smallest absolute Gasteiger partial charge is 0.223 e. The van der Waals surface area contributed by atoms with Crippen LogP contribution in [0, 0.1) is 6.92 Å². The lowest BCUT2D eigenvalue weighted by Gasteiger charge is -2.32. The van der Waals surface area contributed by atoms with E-state index in [2.05, 4.69) is 17.1 Å². The molecule has 1 fully saturated rings. The van der Waals surface area contributed by atoms with Gasteiger partial charge in [0.2, 0.25) is 5.91 Å². The molecule has 0 aliphatic carbocycles. The number of rotatable bonds is 6. The fraction of sp³-hybridized carbons (Fsp3) is 0.400. The Balaban J connectivity index is 1.38. The number of pyridine rings is 1. The second-order valence-electron chi connectivity index (χ2n) is 6.24. The van der Waals surface area contributed by atoms with Gasteiger partial charge in [0.1, 0.15) is 11.9 Å². The Morgan fingerprint density at radius 3 is 2.64 bits per heavy atom. The summed E-state index contributed by atoms with van der Waals surface area (Å²) in [6, 6.07) is 14.1. The Morgan fingerprint density at radius 1 is 1.20 bits per heavy atom. The molecule has 4 nitrogen and oxygen atoms in total. The summed E-state index contributed by atoms with van der Waals surface area (Å²) < 4.78 is 5.97. The molecule has 0 radical (unpaired) electrons. The first-order valence-corrected chi connectivity index (χ1v) is 9.74. The average Bonchev–Trinajstić information content (AvgIpc) is 2.65. The highest BCUT2D eigenvalue weighted by Gasteiger charge is 2.23. The van der Waals surface area contributed by atoms with Crippen LogP contribution in [0.3, 0.4) is 0 Å². The highest BCUT2D eigenvalue weighted by molar-refractivity contribution is 7.99. The lowest BCUT2D eigenvalue weighted by atomic mass is 10.1. The van der Waals surface area contributed by atoms with Crippen molar-refractivity contribution in [3.05, 3.63) is 54.4 Å². The summed E-state index contributed by atoms with van der Waals surface area (Å²) in [6.45, 7) is 3.52. The molecule has 0 spiro atoms. The van der Waals surface area contributed by atoms with Crippen molar-refractivity contribution in [3.63, 3.8) is 0 Å². The molecular formula is C20H24N2O2S. The quantitative estimate of drug-likeness (QED) is 0.735. The summed E-state index contributed by atoms with van der Waals surface area (Å²) in [5.41, 5.74) is 0.987. The molecule has 0 saturated carbocycles. The van der Waals surface area contributed by atoms with E-state index in [0.29, 0.717) is 6.42 Å². The molecule has 0 bridgehead atoms. The normalized spacial score (nSPS) is 15.2. The number of aromatic nitrogens is 1. The predicted octanol–water partition coefficient (Wildman–Crippen LogP) is 3.94. The van der Waals surface area contributed by atoms with Gasteiger partial charge in [-0.3, -0.25) is 9.78 Å². The van der Waals surface area contributed by atoms with Crippen molar-refractivity contribution in [2.45, 2.75) is 37.2 Å². The summed E-state index contributed by atoms with van der Waals surface area (Å²) in [6.07, 6.45) is 4.30. The van der Waals surface area contributed by atoms with E-state index < -0.39 is 0 Å². The number of carbonyl (C=O) groups is 1. The van der Waals surface area contributed by atoms with Crippen LogP contribution in [-0.4, -0.2) is 40.7 Å². The fourth-order valence-electron chi connectivity index (χ4n) is 2.87. The summed E-state index contributed by atoms with van der Waals surface area (Å²) in [4.78, 5) is 19.8. The van der Waals surface area contributed by atoms with Gasteiger partial charge < -0.3 is 9.64 Å². The third kappa shape index (κ3) is 5.49. The second-order valence-corrected chi connectivity index (χ2v) is 7.41. The molecular weight excluding hydrogens is 332 g/mol. The van der Waals surface area contributed by atoms with E-state index in [1.807, 2.05) is 42.2 Å². The maximum atomic E-state index is 12.4. The third-order valence-electron chi connectivity index (χ3n) is 4.31. The number of aryl methyl sites for hydroxylation is 1. The largest absolute Gasteiger partial charge is 0.489 e. The van der Waals surface area contributed by atoms with Gasteiger partial charge >= 0.3 is 0 Å². The third-order valence-corrected chi connectivity index (χ3v) is 5.32. The number of likely N-dealkylation sites (tertiary alicyclic amines) is 1. The maximum absolute atomic E-state index is 12.4. The number of nitrogens with zero attached hydrogens (tertiary/aromatic N) is 2. The number of carbonyl (C=O) groups excluding carboxylic acids is 1. The van der Waals surface area contributed by atoms with Gasteiger partial charge in [0.25, 0.3) is 0 Å². The standard InChI is InChI=1S/C20H24N2O2S/c1-16-7-8-18(15-21-16)24-17-9-12-22(13-10-17)20(23)11-14-25-19-5-3-2-4-6-19/h2-8,15,17H,9-14H2,1H3. The lowest BCUT2D eigenvalue weighted by Crippen LogP contribution is -2.41. The van der Waals surface area contributed by atoms with Gasteiger partial charge in [-0.2, -0.15) is 0 Å². The van der Waals surface area contributed by atoms with Crippen LogP contribution in [0.5, 0.6) is 5.75 Å². The number of ether oxygens (including phenoxy) is 1. The zero-order chi connectivity index (χ0) is 17.5. The van der Waals surface area contributed by atoms with E-state index in [9.17, 15) is 4.79 Å². The first-order valence-electron chi connectivity index (χ1n) is 8.75. The van der Waals surface area contributed by atoms with Crippen molar-refractivity contribution in [2.24, 2.45) is 0 Å². The molecule has 25 heavy (non-hydrogen) atoms. The van der Waals surface area contributed by atoms with E-state index >= 15 is 0 Å². The van der Waals surface area contributed by atoms with Crippen LogP contribution < -0.4 is 4.74 Å². The number of benzene rings is 1. The molecule has 2 heterocycles. The van der Waals surface area contributed by atoms with Crippen LogP contribution in [0.1, 0.15) is 25.0 Å². The monoisotopic (exact) mass is 356 g/mol. The Hall–Kier alpha value is -2.01. The zero-order valence-electron chi connectivity index (χ0n) is 14.6. The van der Waals surface area contributed by atoms with Crippen LogP contribution in [0.25, 0.3) is 0 Å². The van der Waals surface area contributed by atoms with Gasteiger partial charge in [0.05, 0.1) is 6.20 Å². The Labute approximate surface area is 153 Å². The SMILES string of the molecule is Cc1ccc(OC2CCN(C(=O)CCSc3ccccc3)CC2)cn1. The van der Waals surface area contributed by atoms with E-state index in [0.717, 1.165) is 43.1 Å². The van der Waals surface area contributed by atoms with E-state index in [-0.39, 0.29) is 12.0 Å². The molecule has 5 heteroatoms. The molecule has 0 N–H and O–H groups in total. The number of thioether (sulfide) groups is 1. The zero-order valence-corrected chi connectivity index (χ0v) is 15.4. The first kappa shape index (κ1) is 17.8. The number of hydrogen-bond acceptors (Lipinski definition) is 4. The van der Waals surface area contributed by atoms with Crippen LogP contribution in [0.4, 0.5) is 0 Å². The van der Waals surface area contributed by atoms with Crippen molar-refractivity contribution in [3.8, 4) is 5.75 Å². The van der Waals surface area contributed by atoms with Gasteiger partial charge in [-0.1, -0.05) is 18.2 Å². The van der Waals surface area contributed by atoms with Gasteiger partial charge in [-0.15, -0.1) is 11.8 Å². The molecule has 3 rings (SSSR count). The minimum Gasteiger partial charge on any atom is -0.489 e. The van der Waals surface area contributed by atoms with Gasteiger partial charge in [0, 0.05) is 48.7 Å². The topological polar surface area (TPSA) is 42.4 Å². The molecule has 1 aromatic heterocycles. The van der Waals surface area contributed by atoms with E-state index in [4.69, 9.17) is 4.74 Å². The van der Waals surface area contributed by atoms with Crippen LogP contribution >= 0.6 is 11.8 Å². The number of amides is 1. The van der Waals surface area contributed by atoms with E-state index in [1.165, 1.54) is 4.90 Å². The minimum absolute atomic E-state index is 0.173. The molecule has 1 aromatic carbocycles. The molecule has 1 aliphatic heterocycles. The Kier molecular flexibility index (Phi) is 6.34. The minimum atomic E-state index is 0.173. The Bertz CT molecular complexity index is 668. The highest BCUT2D eigenvalue weighted by Crippen LogP contribution is 2.21. The molecule has 0 unspecified atom stereocenters. The van der Waals surface area contributed by atoms with Crippen molar-refractivity contribution in [1.29, 1.82) is 0 Å². The predicted molar refractivity (Wildman–Crippen MR) is 101 cm³/mol. The van der Waals surface area contributed by atoms with Crippen LogP contribution in [0.2, 0.25) is 0 Å². The summed E-state index contributed by atoms with van der Waals surface area (Å²) >= 11 is 1.74. The lowest BCUT2D eigenvalue weighted by molar-refractivity contribution is -0.132. The van der Waals surface area contributed by atoms with Gasteiger partial charge in [-0.05, 0) is 31.2 Å². The van der Waals surface area contributed by atoms with Crippen molar-refractivity contribution >= 4 is 17.7 Å². The second kappa shape index (κ2) is 8.90. The molecule has 0 atom stereocenters. The van der Waals surface area contributed by atoms with Crippen molar-refractivity contribution < 1.29 is 9.53 Å². The molecule has 1 amide bonds. The molecule has 1 aliphatic rings. The van der Waals surface area contributed by atoms with Gasteiger partial charge in [-0.25, -0.2) is 0 Å². The van der Waals surface area contributed by atoms with Gasteiger partial charge in [0.15, 0.2) is 0 Å². The number of hydrogen-bond donors (Lipinski definition) is 0. The fourth-order valence-corrected chi connectivity index (χ4v) is 3.73. The summed E-state index contributed by atoms with van der Waals surface area (Å²) in [5.74, 6) is 1.89. The Morgan fingerprint density at radius 2 is 1.96 bits per heavy atom. The summed E-state index contributed by atoms with van der Waals surface area (Å²) in [7, 11) is 0. The summed E-state index contributed by atoms with van der Waals surface area (Å²) in [5, 5.41) is 0. The maximum Gasteiger partial charge on any atom is 0.223 e. The molecule has 1 saturated heterocycles. The first-order chi connectivity index (χ1) is 12.2. The average molecular weight is 356 g/mol. The van der Waals surface area contributed by atoms with Crippen molar-refractivity contribution in [1.82, 2.24) is 9.88 Å². The van der Waals surface area contributed by atoms with Crippen LogP contribution in [-0.2, 0) is 4.79 Å². The van der Waals surface area contributed by atoms with E-state index in [1.54, 1.807) is 18.0 Å². The number of piperidine rings is 1. The molecule has 2 aromatic rings. The highest BCUT2D eigenvalue weighted by atomic mass is 32.2. The molecule has 132 valence electrons.